The number of hydrogen-bond acceptors (Lipinski definition) is 5. The van der Waals surface area contributed by atoms with Gasteiger partial charge in [0, 0.05) is 25.9 Å². The van der Waals surface area contributed by atoms with Crippen LogP contribution in [0.25, 0.3) is 0 Å². The molecular weight excluding hydrogens is 186 g/mol. The second-order valence-corrected chi connectivity index (χ2v) is 3.85. The van der Waals surface area contributed by atoms with Crippen LogP contribution in [0, 0.1) is 10.1 Å². The zero-order valence-corrected chi connectivity index (χ0v) is 7.99. The minimum absolute atomic E-state index is 0.189. The molecule has 14 heavy (non-hydrogen) atoms. The van der Waals surface area contributed by atoms with Crippen molar-refractivity contribution >= 4 is 0 Å². The quantitative estimate of drug-likeness (QED) is 0.453. The van der Waals surface area contributed by atoms with E-state index < -0.39 is 5.72 Å². The van der Waals surface area contributed by atoms with Gasteiger partial charge in [-0.2, -0.15) is 0 Å². The molecule has 2 heterocycles. The SMILES string of the molecule is CC1(O)CCC([N+](=O)[O-])=C2NCCN21. The van der Waals surface area contributed by atoms with Crippen LogP contribution in [0.2, 0.25) is 0 Å². The first kappa shape index (κ1) is 9.26. The lowest BCUT2D eigenvalue weighted by Gasteiger charge is -2.37. The van der Waals surface area contributed by atoms with E-state index in [0.717, 1.165) is 0 Å². The molecule has 0 spiro atoms. The van der Waals surface area contributed by atoms with Crippen molar-refractivity contribution < 1.29 is 10.0 Å². The summed E-state index contributed by atoms with van der Waals surface area (Å²) in [5, 5.41) is 23.6. The molecule has 6 heteroatoms. The van der Waals surface area contributed by atoms with E-state index >= 15 is 0 Å². The first-order chi connectivity index (χ1) is 6.52. The molecule has 0 saturated carbocycles. The van der Waals surface area contributed by atoms with Crippen molar-refractivity contribution in [2.75, 3.05) is 13.1 Å². The first-order valence-electron chi connectivity index (χ1n) is 4.64. The highest BCUT2D eigenvalue weighted by atomic mass is 16.6. The maximum absolute atomic E-state index is 10.7. The number of rotatable bonds is 1. The Balaban J connectivity index is 2.39. The van der Waals surface area contributed by atoms with E-state index in [9.17, 15) is 15.2 Å². The Morgan fingerprint density at radius 2 is 2.43 bits per heavy atom. The highest BCUT2D eigenvalue weighted by molar-refractivity contribution is 5.15. The predicted octanol–water partition coefficient (Wildman–Crippen LogP) is -0.160. The van der Waals surface area contributed by atoms with Gasteiger partial charge in [0.15, 0.2) is 5.82 Å². The average Bonchev–Trinajstić information content (AvgIpc) is 2.52. The fourth-order valence-corrected chi connectivity index (χ4v) is 2.02. The molecule has 0 aromatic carbocycles. The van der Waals surface area contributed by atoms with Crippen LogP contribution in [0.15, 0.2) is 11.5 Å². The largest absolute Gasteiger partial charge is 0.371 e. The molecule has 2 N–H and O–H groups in total. The Hall–Kier alpha value is -1.30. The second kappa shape index (κ2) is 2.84. The van der Waals surface area contributed by atoms with Gasteiger partial charge in [-0.15, -0.1) is 0 Å². The Bertz CT molecular complexity index is 311. The third-order valence-corrected chi connectivity index (χ3v) is 2.81. The van der Waals surface area contributed by atoms with E-state index in [-0.39, 0.29) is 10.6 Å². The van der Waals surface area contributed by atoms with Gasteiger partial charge in [-0.3, -0.25) is 10.1 Å². The molecule has 1 unspecified atom stereocenters. The van der Waals surface area contributed by atoms with Crippen molar-refractivity contribution in [2.24, 2.45) is 0 Å². The number of hydrogen-bond donors (Lipinski definition) is 2. The summed E-state index contributed by atoms with van der Waals surface area (Å²) in [5.74, 6) is 0.492. The maximum Gasteiger partial charge on any atom is 0.286 e. The minimum atomic E-state index is -0.946. The Morgan fingerprint density at radius 3 is 3.07 bits per heavy atom. The lowest BCUT2D eigenvalue weighted by atomic mass is 10.0. The predicted molar refractivity (Wildman–Crippen MR) is 48.6 cm³/mol. The van der Waals surface area contributed by atoms with Gasteiger partial charge in [0.25, 0.3) is 5.70 Å². The van der Waals surface area contributed by atoms with Crippen LogP contribution >= 0.6 is 0 Å². The van der Waals surface area contributed by atoms with Gasteiger partial charge in [-0.1, -0.05) is 0 Å². The minimum Gasteiger partial charge on any atom is -0.371 e. The molecule has 2 aliphatic heterocycles. The van der Waals surface area contributed by atoms with Crippen LogP contribution in [0.1, 0.15) is 19.8 Å². The molecule has 0 bridgehead atoms. The van der Waals surface area contributed by atoms with Crippen LogP contribution in [-0.4, -0.2) is 33.7 Å². The summed E-state index contributed by atoms with van der Waals surface area (Å²) < 4.78 is 0. The molecule has 78 valence electrons. The lowest BCUT2D eigenvalue weighted by Crippen LogP contribution is -2.47. The molecule has 0 amide bonds. The summed E-state index contributed by atoms with van der Waals surface area (Å²) >= 11 is 0. The fraction of sp³-hybridized carbons (Fsp3) is 0.750. The van der Waals surface area contributed by atoms with Crippen LogP contribution in [0.5, 0.6) is 0 Å². The van der Waals surface area contributed by atoms with Crippen molar-refractivity contribution in [1.29, 1.82) is 0 Å². The third-order valence-electron chi connectivity index (χ3n) is 2.81. The van der Waals surface area contributed by atoms with Crippen LogP contribution in [0.3, 0.4) is 0 Å². The van der Waals surface area contributed by atoms with Crippen molar-refractivity contribution in [2.45, 2.75) is 25.5 Å². The standard InChI is InChI=1S/C8H13N3O3/c1-8(12)3-2-6(11(13)14)7-9-4-5-10(7)8/h9,12H,2-5H2,1H3. The fourth-order valence-electron chi connectivity index (χ4n) is 2.02. The van der Waals surface area contributed by atoms with Crippen molar-refractivity contribution in [3.8, 4) is 0 Å². The number of aliphatic hydroxyl groups is 1. The normalized spacial score (nSPS) is 31.4. The first-order valence-corrected chi connectivity index (χ1v) is 4.64. The van der Waals surface area contributed by atoms with Gasteiger partial charge in [0.05, 0.1) is 4.92 Å². The highest BCUT2D eigenvalue weighted by Gasteiger charge is 2.43. The van der Waals surface area contributed by atoms with E-state index in [1.165, 1.54) is 0 Å². The van der Waals surface area contributed by atoms with E-state index in [1.807, 2.05) is 0 Å². The molecule has 0 radical (unpaired) electrons. The maximum atomic E-state index is 10.7. The Labute approximate surface area is 81.3 Å². The van der Waals surface area contributed by atoms with Gasteiger partial charge < -0.3 is 15.3 Å². The zero-order valence-electron chi connectivity index (χ0n) is 7.99. The summed E-state index contributed by atoms with van der Waals surface area (Å²) in [6, 6.07) is 0. The smallest absolute Gasteiger partial charge is 0.286 e. The van der Waals surface area contributed by atoms with Crippen LogP contribution < -0.4 is 5.32 Å². The Kier molecular flexibility index (Phi) is 1.88. The lowest BCUT2D eigenvalue weighted by molar-refractivity contribution is -0.433. The summed E-state index contributed by atoms with van der Waals surface area (Å²) in [6.07, 6.45) is 0.729. The molecule has 0 aromatic heterocycles. The third kappa shape index (κ3) is 1.22. The van der Waals surface area contributed by atoms with Gasteiger partial charge >= 0.3 is 0 Å². The molecule has 6 nitrogen and oxygen atoms in total. The summed E-state index contributed by atoms with van der Waals surface area (Å²) in [4.78, 5) is 12.0. The van der Waals surface area contributed by atoms with E-state index in [0.29, 0.717) is 31.8 Å². The second-order valence-electron chi connectivity index (χ2n) is 3.85. The molecule has 1 saturated heterocycles. The molecule has 2 rings (SSSR count). The zero-order chi connectivity index (χ0) is 10.3. The number of nitrogens with one attached hydrogen (secondary N) is 1. The molecule has 2 aliphatic rings. The van der Waals surface area contributed by atoms with Crippen molar-refractivity contribution in [3.63, 3.8) is 0 Å². The molecule has 0 aliphatic carbocycles. The van der Waals surface area contributed by atoms with Crippen LogP contribution in [0.4, 0.5) is 0 Å². The monoisotopic (exact) mass is 199 g/mol. The van der Waals surface area contributed by atoms with Gasteiger partial charge in [-0.25, -0.2) is 0 Å². The molecular formula is C8H13N3O3. The van der Waals surface area contributed by atoms with Gasteiger partial charge in [0.1, 0.15) is 5.72 Å². The molecule has 1 fully saturated rings. The van der Waals surface area contributed by atoms with Gasteiger partial charge in [-0.05, 0) is 6.92 Å². The topological polar surface area (TPSA) is 78.6 Å². The van der Waals surface area contributed by atoms with Crippen molar-refractivity contribution in [3.05, 3.63) is 21.6 Å². The summed E-state index contributed by atoms with van der Waals surface area (Å²) in [5.41, 5.74) is -0.757. The summed E-state index contributed by atoms with van der Waals surface area (Å²) in [7, 11) is 0. The number of nitro groups is 1. The van der Waals surface area contributed by atoms with Crippen LogP contribution in [-0.2, 0) is 0 Å². The van der Waals surface area contributed by atoms with E-state index in [2.05, 4.69) is 5.32 Å². The summed E-state index contributed by atoms with van der Waals surface area (Å²) in [6.45, 7) is 2.97. The highest BCUT2D eigenvalue weighted by Crippen LogP contribution is 2.33. The molecule has 0 aromatic rings. The average molecular weight is 199 g/mol. The Morgan fingerprint density at radius 1 is 1.71 bits per heavy atom. The van der Waals surface area contributed by atoms with Gasteiger partial charge in [0.2, 0.25) is 0 Å². The number of allylic oxidation sites excluding steroid dienone is 1. The van der Waals surface area contributed by atoms with Crippen molar-refractivity contribution in [1.82, 2.24) is 10.2 Å². The number of fused-ring (bicyclic) bond motifs is 1. The number of nitrogens with zero attached hydrogens (tertiary/aromatic N) is 2. The molecule has 1 atom stereocenters. The van der Waals surface area contributed by atoms with E-state index in [1.54, 1.807) is 11.8 Å². The van der Waals surface area contributed by atoms with E-state index in [4.69, 9.17) is 0 Å².